The van der Waals surface area contributed by atoms with E-state index in [0.717, 1.165) is 46.7 Å². The first kappa shape index (κ1) is 10.9. The number of hydrogen-bond donors (Lipinski definition) is 1. The molecule has 16 heavy (non-hydrogen) atoms. The Morgan fingerprint density at radius 3 is 3.25 bits per heavy atom. The number of rotatable bonds is 0. The fourth-order valence-electron chi connectivity index (χ4n) is 2.40. The highest BCUT2D eigenvalue weighted by molar-refractivity contribution is 9.10. The predicted octanol–water partition coefficient (Wildman–Crippen LogP) is 3.05. The maximum absolute atomic E-state index is 10.2. The maximum atomic E-state index is 10.2. The van der Waals surface area contributed by atoms with Crippen molar-refractivity contribution in [3.05, 3.63) is 27.2 Å². The number of benzene rings is 1. The Morgan fingerprint density at radius 2 is 2.38 bits per heavy atom. The molecule has 2 aliphatic rings. The lowest BCUT2D eigenvalue weighted by Crippen LogP contribution is -2.02. The average Bonchev–Trinajstić information content (AvgIpc) is 2.62. The van der Waals surface area contributed by atoms with Crippen molar-refractivity contribution in [1.82, 2.24) is 0 Å². The molecule has 0 spiro atoms. The first-order chi connectivity index (χ1) is 7.77. The molecule has 1 atom stereocenters. The molecule has 1 unspecified atom stereocenters. The molecule has 0 fully saturated rings. The molecule has 0 bridgehead atoms. The van der Waals surface area contributed by atoms with Gasteiger partial charge in [-0.1, -0.05) is 15.9 Å². The second-order valence-corrected chi connectivity index (χ2v) is 6.15. The lowest BCUT2D eigenvalue weighted by molar-refractivity contribution is 0.173. The van der Waals surface area contributed by atoms with Gasteiger partial charge < -0.3 is 9.84 Å². The summed E-state index contributed by atoms with van der Waals surface area (Å²) in [7, 11) is 0. The van der Waals surface area contributed by atoms with Crippen molar-refractivity contribution >= 4 is 27.7 Å². The topological polar surface area (TPSA) is 29.5 Å². The fraction of sp³-hybridized carbons (Fsp3) is 0.500. The van der Waals surface area contributed by atoms with E-state index in [0.29, 0.717) is 0 Å². The number of hydrogen-bond acceptors (Lipinski definition) is 3. The summed E-state index contributed by atoms with van der Waals surface area (Å²) >= 11 is 5.46. The third kappa shape index (κ3) is 1.67. The van der Waals surface area contributed by atoms with Crippen LogP contribution in [0.25, 0.3) is 0 Å². The Balaban J connectivity index is 2.21. The van der Waals surface area contributed by atoms with Crippen LogP contribution in [0.5, 0.6) is 5.75 Å². The second kappa shape index (κ2) is 4.24. The predicted molar refractivity (Wildman–Crippen MR) is 69.1 cm³/mol. The van der Waals surface area contributed by atoms with E-state index in [1.165, 1.54) is 11.1 Å². The number of aliphatic hydroxyl groups excluding tert-OH is 1. The molecule has 86 valence electrons. The van der Waals surface area contributed by atoms with Crippen molar-refractivity contribution in [2.24, 2.45) is 0 Å². The molecule has 2 nitrogen and oxygen atoms in total. The van der Waals surface area contributed by atoms with Gasteiger partial charge >= 0.3 is 0 Å². The Morgan fingerprint density at radius 1 is 1.50 bits per heavy atom. The summed E-state index contributed by atoms with van der Waals surface area (Å²) in [6.07, 6.45) is 1.46. The third-order valence-corrected chi connectivity index (χ3v) is 4.86. The van der Waals surface area contributed by atoms with Gasteiger partial charge in [0.15, 0.2) is 0 Å². The van der Waals surface area contributed by atoms with Crippen LogP contribution in [0, 0.1) is 0 Å². The molecule has 0 radical (unpaired) electrons. The van der Waals surface area contributed by atoms with Crippen molar-refractivity contribution < 1.29 is 9.84 Å². The largest absolute Gasteiger partial charge is 0.493 e. The monoisotopic (exact) mass is 300 g/mol. The van der Waals surface area contributed by atoms with Gasteiger partial charge in [0.05, 0.1) is 12.7 Å². The molecule has 1 N–H and O–H groups in total. The van der Waals surface area contributed by atoms with Crippen LogP contribution in [0.4, 0.5) is 0 Å². The van der Waals surface area contributed by atoms with Crippen LogP contribution < -0.4 is 4.74 Å². The fourth-order valence-corrected chi connectivity index (χ4v) is 4.21. The van der Waals surface area contributed by atoms with Gasteiger partial charge in [-0.05, 0) is 23.8 Å². The smallest absolute Gasteiger partial charge is 0.127 e. The van der Waals surface area contributed by atoms with Gasteiger partial charge in [-0.25, -0.2) is 0 Å². The van der Waals surface area contributed by atoms with E-state index in [4.69, 9.17) is 4.74 Å². The molecule has 0 saturated carbocycles. The van der Waals surface area contributed by atoms with Gasteiger partial charge in [0.1, 0.15) is 5.75 Å². The minimum absolute atomic E-state index is 0.353. The first-order valence-corrected chi connectivity index (χ1v) is 7.45. The van der Waals surface area contributed by atoms with Crippen LogP contribution in [0.2, 0.25) is 0 Å². The zero-order chi connectivity index (χ0) is 11.1. The molecular formula is C12H13BrO2S. The van der Waals surface area contributed by atoms with Gasteiger partial charge in [-0.2, -0.15) is 11.8 Å². The summed E-state index contributed by atoms with van der Waals surface area (Å²) in [6, 6.07) is 2.11. The van der Waals surface area contributed by atoms with Crippen LogP contribution in [-0.4, -0.2) is 17.5 Å². The molecule has 0 saturated heterocycles. The van der Waals surface area contributed by atoms with E-state index in [-0.39, 0.29) is 6.10 Å². The first-order valence-electron chi connectivity index (χ1n) is 5.50. The SMILES string of the molecule is OC1CCSCc2c3c(cc(Br)c21)CCO3. The lowest BCUT2D eigenvalue weighted by atomic mass is 9.98. The van der Waals surface area contributed by atoms with Gasteiger partial charge in [0.25, 0.3) is 0 Å². The summed E-state index contributed by atoms with van der Waals surface area (Å²) in [5.41, 5.74) is 3.53. The Hall–Kier alpha value is -0.190. The van der Waals surface area contributed by atoms with E-state index >= 15 is 0 Å². The molecule has 4 heteroatoms. The standard InChI is InChI=1S/C12H13BrO2S/c13-9-5-7-1-3-15-12(7)8-6-16-4-2-10(14)11(8)9/h5,10,14H,1-4,6H2. The maximum Gasteiger partial charge on any atom is 0.127 e. The molecule has 1 aromatic carbocycles. The van der Waals surface area contributed by atoms with Crippen LogP contribution in [-0.2, 0) is 12.2 Å². The molecule has 3 rings (SSSR count). The van der Waals surface area contributed by atoms with Gasteiger partial charge in [-0.3, -0.25) is 0 Å². The second-order valence-electron chi connectivity index (χ2n) is 4.19. The van der Waals surface area contributed by atoms with Gasteiger partial charge in [-0.15, -0.1) is 0 Å². The number of ether oxygens (including phenoxy) is 1. The van der Waals surface area contributed by atoms with Crippen molar-refractivity contribution in [1.29, 1.82) is 0 Å². The van der Waals surface area contributed by atoms with Gasteiger partial charge in [0, 0.05) is 27.8 Å². The number of aliphatic hydroxyl groups is 1. The zero-order valence-corrected chi connectivity index (χ0v) is 11.2. The molecule has 1 aromatic rings. The minimum atomic E-state index is -0.353. The molecular weight excluding hydrogens is 288 g/mol. The van der Waals surface area contributed by atoms with Crippen molar-refractivity contribution in [3.63, 3.8) is 0 Å². The van der Waals surface area contributed by atoms with E-state index in [9.17, 15) is 5.11 Å². The van der Waals surface area contributed by atoms with Crippen LogP contribution in [0.15, 0.2) is 10.5 Å². The van der Waals surface area contributed by atoms with Crippen molar-refractivity contribution in [2.75, 3.05) is 12.4 Å². The molecule has 0 aliphatic carbocycles. The average molecular weight is 301 g/mol. The molecule has 2 heterocycles. The van der Waals surface area contributed by atoms with Crippen molar-refractivity contribution in [3.8, 4) is 5.75 Å². The van der Waals surface area contributed by atoms with E-state index in [1.54, 1.807) is 0 Å². The quantitative estimate of drug-likeness (QED) is 0.798. The summed E-state index contributed by atoms with van der Waals surface area (Å²) in [6.45, 7) is 0.777. The summed E-state index contributed by atoms with van der Waals surface area (Å²) in [4.78, 5) is 0. The minimum Gasteiger partial charge on any atom is -0.493 e. The summed E-state index contributed by atoms with van der Waals surface area (Å²) in [5.74, 6) is 3.00. The van der Waals surface area contributed by atoms with E-state index in [2.05, 4.69) is 22.0 Å². The third-order valence-electron chi connectivity index (χ3n) is 3.18. The zero-order valence-electron chi connectivity index (χ0n) is 8.83. The Kier molecular flexibility index (Phi) is 2.90. The Bertz CT molecular complexity index is 434. The van der Waals surface area contributed by atoms with Gasteiger partial charge in [0.2, 0.25) is 0 Å². The highest BCUT2D eigenvalue weighted by Gasteiger charge is 2.27. The highest BCUT2D eigenvalue weighted by atomic mass is 79.9. The van der Waals surface area contributed by atoms with Crippen LogP contribution >= 0.6 is 27.7 Å². The number of halogens is 1. The van der Waals surface area contributed by atoms with Crippen LogP contribution in [0.3, 0.4) is 0 Å². The molecule has 0 aromatic heterocycles. The lowest BCUT2D eigenvalue weighted by Gasteiger charge is -2.16. The number of fused-ring (bicyclic) bond motifs is 3. The Labute approximate surface area is 108 Å². The van der Waals surface area contributed by atoms with Crippen LogP contribution in [0.1, 0.15) is 29.2 Å². The van der Waals surface area contributed by atoms with Crippen molar-refractivity contribution in [2.45, 2.75) is 24.7 Å². The molecule has 2 aliphatic heterocycles. The number of thioether (sulfide) groups is 1. The highest BCUT2D eigenvalue weighted by Crippen LogP contribution is 2.43. The molecule has 0 amide bonds. The van der Waals surface area contributed by atoms with E-state index in [1.807, 2.05) is 11.8 Å². The van der Waals surface area contributed by atoms with E-state index < -0.39 is 0 Å². The summed E-state index contributed by atoms with van der Waals surface area (Å²) in [5, 5.41) is 10.2. The normalized spacial score (nSPS) is 23.2. The summed E-state index contributed by atoms with van der Waals surface area (Å²) < 4.78 is 6.75.